The number of benzene rings is 1. The van der Waals surface area contributed by atoms with Gasteiger partial charge < -0.3 is 10.0 Å². The Labute approximate surface area is 110 Å². The van der Waals surface area contributed by atoms with Crippen molar-refractivity contribution in [3.8, 4) is 0 Å². The van der Waals surface area contributed by atoms with E-state index in [0.717, 1.165) is 38.3 Å². The number of likely N-dealkylation sites (N-methyl/N-ethyl adjacent to an activating group) is 1. The number of aliphatic hydroxyl groups is 1. The molecule has 0 radical (unpaired) electrons. The molecule has 0 aliphatic carbocycles. The van der Waals surface area contributed by atoms with E-state index in [1.807, 2.05) is 0 Å². The van der Waals surface area contributed by atoms with E-state index in [2.05, 4.69) is 48.9 Å². The highest BCUT2D eigenvalue weighted by Crippen LogP contribution is 2.20. The average Bonchev–Trinajstić information content (AvgIpc) is 2.35. The Kier molecular flexibility index (Phi) is 4.38. The first-order valence-corrected chi connectivity index (χ1v) is 6.72. The number of aliphatic hydroxyl groups excluding tert-OH is 1. The standard InChI is InChI=1S/C15H24N2O/c1-12-4-5-13(2)14(10-12)15(18)11-17-8-6-16(3)7-9-17/h4-5,10,15,18H,6-9,11H2,1-3H3. The van der Waals surface area contributed by atoms with Crippen LogP contribution in [0.1, 0.15) is 22.8 Å². The molecule has 0 aromatic heterocycles. The summed E-state index contributed by atoms with van der Waals surface area (Å²) in [5.74, 6) is 0. The van der Waals surface area contributed by atoms with Crippen LogP contribution in [-0.4, -0.2) is 54.7 Å². The molecule has 0 spiro atoms. The van der Waals surface area contributed by atoms with Gasteiger partial charge in [-0.1, -0.05) is 23.8 Å². The number of nitrogens with zero attached hydrogens (tertiary/aromatic N) is 2. The second-order valence-electron chi connectivity index (χ2n) is 5.48. The van der Waals surface area contributed by atoms with Crippen LogP contribution in [-0.2, 0) is 0 Å². The van der Waals surface area contributed by atoms with Gasteiger partial charge in [0.05, 0.1) is 6.10 Å². The van der Waals surface area contributed by atoms with Crippen molar-refractivity contribution in [1.82, 2.24) is 9.80 Å². The van der Waals surface area contributed by atoms with E-state index < -0.39 is 0 Å². The maximum Gasteiger partial charge on any atom is 0.0919 e. The third kappa shape index (κ3) is 3.31. The molecule has 1 N–H and O–H groups in total. The van der Waals surface area contributed by atoms with E-state index in [0.29, 0.717) is 0 Å². The molecule has 3 heteroatoms. The second kappa shape index (κ2) is 5.83. The molecule has 1 heterocycles. The van der Waals surface area contributed by atoms with Gasteiger partial charge >= 0.3 is 0 Å². The van der Waals surface area contributed by atoms with Crippen molar-refractivity contribution < 1.29 is 5.11 Å². The Balaban J connectivity index is 1.98. The molecule has 0 amide bonds. The molecule has 3 nitrogen and oxygen atoms in total. The largest absolute Gasteiger partial charge is 0.387 e. The summed E-state index contributed by atoms with van der Waals surface area (Å²) in [4.78, 5) is 4.69. The molecular formula is C15H24N2O. The summed E-state index contributed by atoms with van der Waals surface area (Å²) in [5, 5.41) is 10.4. The summed E-state index contributed by atoms with van der Waals surface area (Å²) in [7, 11) is 2.15. The predicted molar refractivity (Wildman–Crippen MR) is 74.8 cm³/mol. The van der Waals surface area contributed by atoms with E-state index >= 15 is 0 Å². The van der Waals surface area contributed by atoms with E-state index in [1.165, 1.54) is 11.1 Å². The summed E-state index contributed by atoms with van der Waals surface area (Å²) in [6.45, 7) is 9.20. The van der Waals surface area contributed by atoms with Gasteiger partial charge in [0.1, 0.15) is 0 Å². The molecule has 1 aromatic carbocycles. The van der Waals surface area contributed by atoms with Crippen LogP contribution in [0.5, 0.6) is 0 Å². The first-order valence-electron chi connectivity index (χ1n) is 6.72. The van der Waals surface area contributed by atoms with Crippen LogP contribution in [0.2, 0.25) is 0 Å². The molecule has 2 rings (SSSR count). The van der Waals surface area contributed by atoms with Crippen molar-refractivity contribution in [2.24, 2.45) is 0 Å². The highest BCUT2D eigenvalue weighted by Gasteiger charge is 2.18. The van der Waals surface area contributed by atoms with E-state index in [-0.39, 0.29) is 6.10 Å². The summed E-state index contributed by atoms with van der Waals surface area (Å²) < 4.78 is 0. The van der Waals surface area contributed by atoms with Gasteiger partial charge in [-0.25, -0.2) is 0 Å². The number of piperazine rings is 1. The highest BCUT2D eigenvalue weighted by atomic mass is 16.3. The Morgan fingerprint density at radius 2 is 1.83 bits per heavy atom. The Hall–Kier alpha value is -0.900. The van der Waals surface area contributed by atoms with Crippen LogP contribution in [0, 0.1) is 13.8 Å². The third-order valence-corrected chi connectivity index (χ3v) is 3.82. The first-order chi connectivity index (χ1) is 8.56. The highest BCUT2D eigenvalue weighted by molar-refractivity contribution is 5.32. The maximum absolute atomic E-state index is 10.4. The smallest absolute Gasteiger partial charge is 0.0919 e. The van der Waals surface area contributed by atoms with Crippen molar-refractivity contribution >= 4 is 0 Å². The van der Waals surface area contributed by atoms with Gasteiger partial charge in [-0.3, -0.25) is 4.90 Å². The van der Waals surface area contributed by atoms with E-state index in [1.54, 1.807) is 0 Å². The van der Waals surface area contributed by atoms with Gasteiger partial charge in [0.15, 0.2) is 0 Å². The van der Waals surface area contributed by atoms with Crippen LogP contribution in [0.25, 0.3) is 0 Å². The zero-order chi connectivity index (χ0) is 13.1. The summed E-state index contributed by atoms with van der Waals surface area (Å²) in [6, 6.07) is 6.30. The van der Waals surface area contributed by atoms with Crippen molar-refractivity contribution in [1.29, 1.82) is 0 Å². The number of rotatable bonds is 3. The number of β-amino-alcohol motifs (C(OH)–C–C–N with tert-alkyl or cyclic N) is 1. The Bertz CT molecular complexity index is 397. The molecule has 0 saturated carbocycles. The predicted octanol–water partition coefficient (Wildman–Crippen LogP) is 1.58. The third-order valence-electron chi connectivity index (χ3n) is 3.82. The van der Waals surface area contributed by atoms with Crippen LogP contribution >= 0.6 is 0 Å². The van der Waals surface area contributed by atoms with Crippen molar-refractivity contribution in [2.75, 3.05) is 39.8 Å². The van der Waals surface area contributed by atoms with Crippen LogP contribution < -0.4 is 0 Å². The van der Waals surface area contributed by atoms with E-state index in [9.17, 15) is 5.11 Å². The van der Waals surface area contributed by atoms with E-state index in [4.69, 9.17) is 0 Å². The van der Waals surface area contributed by atoms with Gasteiger partial charge in [0.2, 0.25) is 0 Å². The quantitative estimate of drug-likeness (QED) is 0.880. The second-order valence-corrected chi connectivity index (χ2v) is 5.48. The van der Waals surface area contributed by atoms with Gasteiger partial charge in [0.25, 0.3) is 0 Å². The summed E-state index contributed by atoms with van der Waals surface area (Å²) in [6.07, 6.45) is -0.367. The number of hydrogen-bond donors (Lipinski definition) is 1. The maximum atomic E-state index is 10.4. The zero-order valence-electron chi connectivity index (χ0n) is 11.7. The summed E-state index contributed by atoms with van der Waals surface area (Å²) >= 11 is 0. The Morgan fingerprint density at radius 1 is 1.17 bits per heavy atom. The van der Waals surface area contributed by atoms with Crippen molar-refractivity contribution in [2.45, 2.75) is 20.0 Å². The average molecular weight is 248 g/mol. The zero-order valence-corrected chi connectivity index (χ0v) is 11.7. The number of hydrogen-bond acceptors (Lipinski definition) is 3. The number of aryl methyl sites for hydroxylation is 2. The molecule has 1 fully saturated rings. The molecule has 100 valence electrons. The Morgan fingerprint density at radius 3 is 2.50 bits per heavy atom. The molecule has 1 atom stereocenters. The molecule has 1 aliphatic heterocycles. The minimum absolute atomic E-state index is 0.367. The monoisotopic (exact) mass is 248 g/mol. The molecule has 1 saturated heterocycles. The van der Waals surface area contributed by atoms with Gasteiger partial charge in [0, 0.05) is 32.7 Å². The topological polar surface area (TPSA) is 26.7 Å². The molecule has 0 bridgehead atoms. The fourth-order valence-electron chi connectivity index (χ4n) is 2.49. The summed E-state index contributed by atoms with van der Waals surface area (Å²) in [5.41, 5.74) is 3.48. The van der Waals surface area contributed by atoms with Crippen molar-refractivity contribution in [3.05, 3.63) is 34.9 Å². The van der Waals surface area contributed by atoms with Gasteiger partial charge in [-0.05, 0) is 32.0 Å². The molecule has 1 aliphatic rings. The van der Waals surface area contributed by atoms with Gasteiger partial charge in [-0.2, -0.15) is 0 Å². The minimum atomic E-state index is -0.367. The van der Waals surface area contributed by atoms with Crippen LogP contribution in [0.3, 0.4) is 0 Å². The fourth-order valence-corrected chi connectivity index (χ4v) is 2.49. The minimum Gasteiger partial charge on any atom is -0.387 e. The van der Waals surface area contributed by atoms with Crippen LogP contribution in [0.4, 0.5) is 0 Å². The van der Waals surface area contributed by atoms with Crippen LogP contribution in [0.15, 0.2) is 18.2 Å². The molecular weight excluding hydrogens is 224 g/mol. The lowest BCUT2D eigenvalue weighted by Gasteiger charge is -2.33. The lowest BCUT2D eigenvalue weighted by molar-refractivity contribution is 0.0802. The first kappa shape index (κ1) is 13.5. The molecule has 1 aromatic rings. The SMILES string of the molecule is Cc1ccc(C)c(C(O)CN2CCN(C)CC2)c1. The fraction of sp³-hybridized carbons (Fsp3) is 0.600. The van der Waals surface area contributed by atoms with Crippen molar-refractivity contribution in [3.63, 3.8) is 0 Å². The molecule has 1 unspecified atom stereocenters. The normalized spacial score (nSPS) is 20.0. The molecule has 18 heavy (non-hydrogen) atoms. The lowest BCUT2D eigenvalue weighted by atomic mass is 10.0. The lowest BCUT2D eigenvalue weighted by Crippen LogP contribution is -2.45. The van der Waals surface area contributed by atoms with Gasteiger partial charge in [-0.15, -0.1) is 0 Å².